The molecule has 2 aliphatic rings. The molecule has 0 aliphatic carbocycles. The van der Waals surface area contributed by atoms with E-state index in [4.69, 9.17) is 0 Å². The Bertz CT molecular complexity index is 1070. The topological polar surface area (TPSA) is 119 Å². The number of hydrogen-bond acceptors (Lipinski definition) is 7. The summed E-state index contributed by atoms with van der Waals surface area (Å²) in [6.45, 7) is 2.14. The van der Waals surface area contributed by atoms with Crippen molar-refractivity contribution in [2.75, 3.05) is 24.5 Å². The summed E-state index contributed by atoms with van der Waals surface area (Å²) < 4.78 is 42.4. The summed E-state index contributed by atoms with van der Waals surface area (Å²) in [5.41, 5.74) is -1.32. The molecule has 170 valence electrons. The number of β-amino-alcohol motifs (C(OH)–C–C–N with tert-alkyl or cyclic N) is 2. The fourth-order valence-corrected chi connectivity index (χ4v) is 3.85. The van der Waals surface area contributed by atoms with Crippen LogP contribution in [0.15, 0.2) is 18.5 Å². The quantitative estimate of drug-likeness (QED) is 0.713. The number of carbonyl (C=O) groups excluding carboxylic acids is 1. The number of alkyl halides is 3. The number of anilines is 1. The van der Waals surface area contributed by atoms with Gasteiger partial charge in [-0.25, -0.2) is 4.98 Å². The molecule has 4 heterocycles. The summed E-state index contributed by atoms with van der Waals surface area (Å²) in [5, 5.41) is 32.6. The Morgan fingerprint density at radius 3 is 2.53 bits per heavy atom. The highest BCUT2D eigenvalue weighted by molar-refractivity contribution is 5.76. The maximum atomic E-state index is 13.7. The van der Waals surface area contributed by atoms with Gasteiger partial charge in [-0.3, -0.25) is 9.48 Å². The zero-order valence-electron chi connectivity index (χ0n) is 17.1. The van der Waals surface area contributed by atoms with Crippen LogP contribution in [-0.2, 0) is 17.5 Å². The van der Waals surface area contributed by atoms with E-state index in [0.717, 1.165) is 12.5 Å². The van der Waals surface area contributed by atoms with Crippen LogP contribution >= 0.6 is 0 Å². The van der Waals surface area contributed by atoms with Gasteiger partial charge in [0.25, 0.3) is 0 Å². The molecular weight excluding hydrogens is 429 g/mol. The Balaban J connectivity index is 1.64. The molecule has 1 amide bonds. The van der Waals surface area contributed by atoms with Gasteiger partial charge in [0.05, 0.1) is 29.7 Å². The van der Waals surface area contributed by atoms with Gasteiger partial charge < -0.3 is 20.0 Å². The third-order valence-corrected chi connectivity index (χ3v) is 5.85. The molecule has 0 unspecified atom stereocenters. The largest absolute Gasteiger partial charge is 0.417 e. The van der Waals surface area contributed by atoms with Crippen molar-refractivity contribution in [3.05, 3.63) is 29.6 Å². The second-order valence-electron chi connectivity index (χ2n) is 8.05. The van der Waals surface area contributed by atoms with Gasteiger partial charge in [-0.05, 0) is 19.4 Å². The lowest BCUT2D eigenvalue weighted by Gasteiger charge is -2.40. The first-order chi connectivity index (χ1) is 15.1. The second-order valence-corrected chi connectivity index (χ2v) is 8.05. The van der Waals surface area contributed by atoms with Crippen LogP contribution < -0.4 is 4.90 Å². The van der Waals surface area contributed by atoms with Crippen molar-refractivity contribution in [3.63, 3.8) is 0 Å². The van der Waals surface area contributed by atoms with Crippen LogP contribution in [0.2, 0.25) is 0 Å². The van der Waals surface area contributed by atoms with E-state index in [1.54, 1.807) is 11.0 Å². The Kier molecular flexibility index (Phi) is 5.56. The zero-order chi connectivity index (χ0) is 23.2. The van der Waals surface area contributed by atoms with Gasteiger partial charge in [0.2, 0.25) is 5.91 Å². The smallest absolute Gasteiger partial charge is 0.388 e. The van der Waals surface area contributed by atoms with Gasteiger partial charge in [0.15, 0.2) is 0 Å². The third kappa shape index (κ3) is 4.01. The van der Waals surface area contributed by atoms with Crippen molar-refractivity contribution in [3.8, 4) is 17.3 Å². The lowest BCUT2D eigenvalue weighted by molar-refractivity contribution is -0.137. The van der Waals surface area contributed by atoms with E-state index in [9.17, 15) is 33.4 Å². The van der Waals surface area contributed by atoms with Crippen LogP contribution in [0, 0.1) is 11.3 Å². The monoisotopic (exact) mass is 450 g/mol. The molecule has 2 fully saturated rings. The zero-order valence-corrected chi connectivity index (χ0v) is 17.1. The SMILES string of the molecule is C[C@H]1CCN1c1nc(-c2cnn(CC(=O)N3C[C@@H](O)[C@H](O)C3)c2)cc(C(F)(F)F)c1C#N. The van der Waals surface area contributed by atoms with Gasteiger partial charge in [0, 0.05) is 37.4 Å². The van der Waals surface area contributed by atoms with Crippen LogP contribution in [0.25, 0.3) is 11.3 Å². The van der Waals surface area contributed by atoms with Crippen molar-refractivity contribution >= 4 is 11.7 Å². The van der Waals surface area contributed by atoms with Crippen molar-refractivity contribution in [2.24, 2.45) is 0 Å². The number of likely N-dealkylation sites (tertiary alicyclic amines) is 1. The summed E-state index contributed by atoms with van der Waals surface area (Å²) in [7, 11) is 0. The Morgan fingerprint density at radius 2 is 2.00 bits per heavy atom. The molecule has 9 nitrogen and oxygen atoms in total. The first-order valence-electron chi connectivity index (χ1n) is 10.0. The van der Waals surface area contributed by atoms with E-state index in [1.807, 2.05) is 6.92 Å². The standard InChI is InChI=1S/C20H21F3N6O3/c1-11-2-3-29(11)19-13(5-24)14(20(21,22)23)4-15(26-19)12-6-25-28(7-12)10-18(32)27-8-16(30)17(31)9-27/h4,6-7,11,16-17,30-31H,2-3,8-10H2,1H3/t11-,16+,17+/m0/s1. The van der Waals surface area contributed by atoms with Crippen molar-refractivity contribution in [2.45, 2.75) is 44.3 Å². The van der Waals surface area contributed by atoms with Crippen molar-refractivity contribution < 1.29 is 28.2 Å². The molecule has 3 atom stereocenters. The summed E-state index contributed by atoms with van der Waals surface area (Å²) in [4.78, 5) is 19.7. The number of rotatable bonds is 4. The fraction of sp³-hybridized carbons (Fsp3) is 0.500. The minimum Gasteiger partial charge on any atom is -0.388 e. The van der Waals surface area contributed by atoms with E-state index in [-0.39, 0.29) is 42.8 Å². The Labute approximate surface area is 181 Å². The van der Waals surface area contributed by atoms with E-state index in [0.29, 0.717) is 6.54 Å². The number of carbonyl (C=O) groups is 1. The number of aliphatic hydroxyl groups excluding tert-OH is 2. The van der Waals surface area contributed by atoms with Gasteiger partial charge in [-0.1, -0.05) is 0 Å². The normalized spacial score (nSPS) is 23.2. The molecule has 4 rings (SSSR count). The number of aromatic nitrogens is 3. The van der Waals surface area contributed by atoms with E-state index >= 15 is 0 Å². The minimum absolute atomic E-state index is 0.00236. The predicted molar refractivity (Wildman–Crippen MR) is 105 cm³/mol. The number of halogens is 3. The molecule has 2 aromatic heterocycles. The molecule has 0 aromatic carbocycles. The molecule has 32 heavy (non-hydrogen) atoms. The van der Waals surface area contributed by atoms with Gasteiger partial charge in [0.1, 0.15) is 24.0 Å². The van der Waals surface area contributed by atoms with E-state index in [2.05, 4.69) is 10.1 Å². The molecule has 2 aliphatic heterocycles. The summed E-state index contributed by atoms with van der Waals surface area (Å²) >= 11 is 0. The number of aliphatic hydroxyl groups is 2. The number of hydrogen-bond donors (Lipinski definition) is 2. The van der Waals surface area contributed by atoms with Gasteiger partial charge >= 0.3 is 6.18 Å². The average Bonchev–Trinajstić information content (AvgIpc) is 3.32. The molecule has 0 saturated carbocycles. The molecule has 12 heteroatoms. The fourth-order valence-electron chi connectivity index (χ4n) is 3.85. The van der Waals surface area contributed by atoms with E-state index < -0.39 is 35.4 Å². The van der Waals surface area contributed by atoms with Crippen molar-refractivity contribution in [1.29, 1.82) is 5.26 Å². The Hall–Kier alpha value is -3.17. The van der Waals surface area contributed by atoms with Crippen LogP contribution in [-0.4, -0.2) is 73.7 Å². The molecule has 2 N–H and O–H groups in total. The first kappa shape index (κ1) is 22.0. The number of pyridine rings is 1. The maximum Gasteiger partial charge on any atom is 0.417 e. The lowest BCUT2D eigenvalue weighted by atomic mass is 10.0. The second kappa shape index (κ2) is 8.07. The van der Waals surface area contributed by atoms with E-state index in [1.165, 1.54) is 22.0 Å². The van der Waals surface area contributed by atoms with Crippen LogP contribution in [0.1, 0.15) is 24.5 Å². The highest BCUT2D eigenvalue weighted by Crippen LogP contribution is 2.39. The molecule has 2 saturated heterocycles. The van der Waals surface area contributed by atoms with Crippen LogP contribution in [0.4, 0.5) is 19.0 Å². The highest BCUT2D eigenvalue weighted by atomic mass is 19.4. The molecule has 0 spiro atoms. The third-order valence-electron chi connectivity index (χ3n) is 5.85. The number of nitriles is 1. The average molecular weight is 450 g/mol. The predicted octanol–water partition coefficient (Wildman–Crippen LogP) is 0.998. The summed E-state index contributed by atoms with van der Waals surface area (Å²) in [5.74, 6) is -0.408. The molecule has 0 bridgehead atoms. The summed E-state index contributed by atoms with van der Waals surface area (Å²) in [6, 6.07) is 2.44. The lowest BCUT2D eigenvalue weighted by Crippen LogP contribution is -2.46. The number of amides is 1. The van der Waals surface area contributed by atoms with Crippen LogP contribution in [0.3, 0.4) is 0 Å². The highest BCUT2D eigenvalue weighted by Gasteiger charge is 2.39. The molecule has 2 aromatic rings. The molecular formula is C20H21F3N6O3. The minimum atomic E-state index is -4.74. The number of nitrogens with zero attached hydrogens (tertiary/aromatic N) is 6. The van der Waals surface area contributed by atoms with Gasteiger partial charge in [-0.2, -0.15) is 23.5 Å². The van der Waals surface area contributed by atoms with Gasteiger partial charge in [-0.15, -0.1) is 0 Å². The van der Waals surface area contributed by atoms with Crippen LogP contribution in [0.5, 0.6) is 0 Å². The first-order valence-corrected chi connectivity index (χ1v) is 10.0. The maximum absolute atomic E-state index is 13.7. The molecule has 0 radical (unpaired) electrons. The summed E-state index contributed by atoms with van der Waals surface area (Å²) in [6.07, 6.45) is -3.28. The van der Waals surface area contributed by atoms with Crippen molar-refractivity contribution in [1.82, 2.24) is 19.7 Å². The Morgan fingerprint density at radius 1 is 1.31 bits per heavy atom.